The van der Waals surface area contributed by atoms with Crippen LogP contribution in [0.3, 0.4) is 0 Å². The minimum Gasteiger partial charge on any atom is -0.311 e. The second-order valence-corrected chi connectivity index (χ2v) is 5.28. The first-order valence-electron chi connectivity index (χ1n) is 5.91. The molecule has 0 aromatic rings. The van der Waals surface area contributed by atoms with Crippen molar-refractivity contribution < 1.29 is 13.6 Å². The molecule has 1 rings (SSSR count). The Bertz CT molecular complexity index is 236. The van der Waals surface area contributed by atoms with Crippen LogP contribution in [0.25, 0.3) is 0 Å². The molecule has 16 heavy (non-hydrogen) atoms. The summed E-state index contributed by atoms with van der Waals surface area (Å²) in [4.78, 5) is 0. The maximum atomic E-state index is 11.5. The van der Waals surface area contributed by atoms with Gasteiger partial charge in [0.1, 0.15) is 12.7 Å². The van der Waals surface area contributed by atoms with Crippen molar-refractivity contribution in [3.05, 3.63) is 0 Å². The molecule has 0 radical (unpaired) electrons. The van der Waals surface area contributed by atoms with Gasteiger partial charge in [-0.15, -0.1) is 9.05 Å². The highest BCUT2D eigenvalue weighted by atomic mass is 31.1. The Labute approximate surface area is 97.8 Å². The predicted molar refractivity (Wildman–Crippen MR) is 62.9 cm³/mol. The fourth-order valence-electron chi connectivity index (χ4n) is 1.76. The standard InChI is InChI=1S/C10H22N2O3P/c1-2-3-8-14-16(13)15-9-6-4-5-7-10(9,11)12/h9H,2-8,11-12H2,1H3/q+1. The van der Waals surface area contributed by atoms with Gasteiger partial charge < -0.3 is 11.5 Å². The summed E-state index contributed by atoms with van der Waals surface area (Å²) >= 11 is 0. The average Bonchev–Trinajstić information content (AvgIpc) is 2.21. The summed E-state index contributed by atoms with van der Waals surface area (Å²) < 4.78 is 21.8. The first kappa shape index (κ1) is 14.0. The maximum absolute atomic E-state index is 11.5. The van der Waals surface area contributed by atoms with E-state index in [1.807, 2.05) is 6.92 Å². The Morgan fingerprint density at radius 1 is 1.44 bits per heavy atom. The van der Waals surface area contributed by atoms with E-state index in [0.29, 0.717) is 13.0 Å². The van der Waals surface area contributed by atoms with Crippen LogP contribution in [-0.2, 0) is 13.6 Å². The molecule has 0 amide bonds. The van der Waals surface area contributed by atoms with E-state index in [1.165, 1.54) is 0 Å². The van der Waals surface area contributed by atoms with Crippen LogP contribution in [0.5, 0.6) is 0 Å². The van der Waals surface area contributed by atoms with Gasteiger partial charge in [-0.1, -0.05) is 26.2 Å². The van der Waals surface area contributed by atoms with Crippen LogP contribution < -0.4 is 11.5 Å². The van der Waals surface area contributed by atoms with Gasteiger partial charge in [0.2, 0.25) is 0 Å². The molecule has 0 bridgehead atoms. The normalized spacial score (nSPS) is 25.4. The number of hydrogen-bond acceptors (Lipinski definition) is 5. The van der Waals surface area contributed by atoms with Crippen molar-refractivity contribution in [3.63, 3.8) is 0 Å². The zero-order valence-corrected chi connectivity index (χ0v) is 10.7. The molecule has 0 saturated heterocycles. The minimum atomic E-state index is -2.08. The SMILES string of the molecule is CCCCO[P+](=O)OC1CCCCC1(N)N. The van der Waals surface area contributed by atoms with Crippen LogP contribution in [0, 0.1) is 0 Å². The van der Waals surface area contributed by atoms with Gasteiger partial charge in [-0.3, -0.25) is 0 Å². The van der Waals surface area contributed by atoms with Gasteiger partial charge in [-0.25, -0.2) is 0 Å². The van der Waals surface area contributed by atoms with E-state index in [9.17, 15) is 4.57 Å². The van der Waals surface area contributed by atoms with Crippen molar-refractivity contribution in [3.8, 4) is 0 Å². The van der Waals surface area contributed by atoms with Crippen LogP contribution in [0.4, 0.5) is 0 Å². The monoisotopic (exact) mass is 249 g/mol. The molecule has 0 aromatic carbocycles. The van der Waals surface area contributed by atoms with Crippen molar-refractivity contribution in [2.24, 2.45) is 11.5 Å². The van der Waals surface area contributed by atoms with Gasteiger partial charge >= 0.3 is 8.25 Å². The third-order valence-corrected chi connectivity index (χ3v) is 3.65. The largest absolute Gasteiger partial charge is 0.697 e. The van der Waals surface area contributed by atoms with E-state index in [4.69, 9.17) is 20.5 Å². The summed E-state index contributed by atoms with van der Waals surface area (Å²) in [5, 5.41) is 0. The van der Waals surface area contributed by atoms with E-state index in [1.54, 1.807) is 0 Å². The molecule has 0 aromatic heterocycles. The lowest BCUT2D eigenvalue weighted by molar-refractivity contribution is 0.0610. The molecule has 2 atom stereocenters. The molecule has 5 nitrogen and oxygen atoms in total. The number of rotatable bonds is 6. The summed E-state index contributed by atoms with van der Waals surface area (Å²) in [5.41, 5.74) is 10.9. The zero-order chi connectivity index (χ0) is 12.0. The maximum Gasteiger partial charge on any atom is 0.697 e. The van der Waals surface area contributed by atoms with Crippen LogP contribution in [0.2, 0.25) is 0 Å². The molecule has 6 heteroatoms. The molecular formula is C10H22N2O3P+. The summed E-state index contributed by atoms with van der Waals surface area (Å²) in [7, 11) is -2.08. The third kappa shape index (κ3) is 4.44. The third-order valence-electron chi connectivity index (χ3n) is 2.83. The quantitative estimate of drug-likeness (QED) is 0.427. The van der Waals surface area contributed by atoms with E-state index in [-0.39, 0.29) is 6.10 Å². The van der Waals surface area contributed by atoms with Gasteiger partial charge in [-0.05, 0) is 19.3 Å². The van der Waals surface area contributed by atoms with Crippen molar-refractivity contribution in [1.82, 2.24) is 0 Å². The smallest absolute Gasteiger partial charge is 0.311 e. The van der Waals surface area contributed by atoms with E-state index in [0.717, 1.165) is 32.1 Å². The van der Waals surface area contributed by atoms with Crippen molar-refractivity contribution in [2.75, 3.05) is 6.61 Å². The lowest BCUT2D eigenvalue weighted by Gasteiger charge is -2.33. The van der Waals surface area contributed by atoms with Crippen LogP contribution in [0.15, 0.2) is 0 Å². The van der Waals surface area contributed by atoms with Gasteiger partial charge in [0.15, 0.2) is 0 Å². The van der Waals surface area contributed by atoms with Crippen molar-refractivity contribution in [1.29, 1.82) is 0 Å². The summed E-state index contributed by atoms with van der Waals surface area (Å²) in [6.45, 7) is 2.50. The Hall–Kier alpha value is -0.0600. The molecule has 0 spiro atoms. The van der Waals surface area contributed by atoms with Crippen molar-refractivity contribution >= 4 is 8.25 Å². The van der Waals surface area contributed by atoms with E-state index >= 15 is 0 Å². The second-order valence-electron chi connectivity index (χ2n) is 4.36. The topological polar surface area (TPSA) is 87.6 Å². The van der Waals surface area contributed by atoms with Gasteiger partial charge in [0.25, 0.3) is 0 Å². The highest BCUT2D eigenvalue weighted by Crippen LogP contribution is 2.34. The molecule has 2 unspecified atom stereocenters. The number of hydrogen-bond donors (Lipinski definition) is 2. The lowest BCUT2D eigenvalue weighted by atomic mass is 9.88. The molecule has 1 saturated carbocycles. The molecule has 0 aliphatic heterocycles. The highest BCUT2D eigenvalue weighted by molar-refractivity contribution is 7.33. The average molecular weight is 249 g/mol. The molecule has 1 fully saturated rings. The van der Waals surface area contributed by atoms with Gasteiger partial charge in [0, 0.05) is 4.57 Å². The first-order valence-corrected chi connectivity index (χ1v) is 7.00. The number of nitrogens with two attached hydrogens (primary N) is 2. The van der Waals surface area contributed by atoms with Crippen LogP contribution in [-0.4, -0.2) is 18.4 Å². The molecule has 1 aliphatic rings. The molecular weight excluding hydrogens is 227 g/mol. The summed E-state index contributed by atoms with van der Waals surface area (Å²) in [6, 6.07) is 0. The second kappa shape index (κ2) is 6.62. The highest BCUT2D eigenvalue weighted by Gasteiger charge is 2.41. The van der Waals surface area contributed by atoms with Crippen molar-refractivity contribution in [2.45, 2.75) is 57.2 Å². The molecule has 4 N–H and O–H groups in total. The summed E-state index contributed by atoms with van der Waals surface area (Å²) in [6.07, 6.45) is 5.00. The fourth-order valence-corrected chi connectivity index (χ4v) is 2.61. The van der Waals surface area contributed by atoms with Gasteiger partial charge in [0.05, 0.1) is 5.66 Å². The Morgan fingerprint density at radius 3 is 2.81 bits per heavy atom. The van der Waals surface area contributed by atoms with E-state index < -0.39 is 13.9 Å². The van der Waals surface area contributed by atoms with E-state index in [2.05, 4.69) is 0 Å². The fraction of sp³-hybridized carbons (Fsp3) is 1.00. The Balaban J connectivity index is 2.31. The minimum absolute atomic E-state index is 0.355. The Morgan fingerprint density at radius 2 is 2.19 bits per heavy atom. The summed E-state index contributed by atoms with van der Waals surface area (Å²) in [5.74, 6) is 0. The van der Waals surface area contributed by atoms with Gasteiger partial charge in [-0.2, -0.15) is 0 Å². The lowest BCUT2D eigenvalue weighted by Crippen LogP contribution is -2.60. The molecule has 94 valence electrons. The zero-order valence-electron chi connectivity index (χ0n) is 9.85. The predicted octanol–water partition coefficient (Wildman–Crippen LogP) is 2.03. The molecule has 0 heterocycles. The molecule has 1 aliphatic carbocycles. The van der Waals surface area contributed by atoms with Crippen LogP contribution in [0.1, 0.15) is 45.4 Å². The number of unbranched alkanes of at least 4 members (excludes halogenated alkanes) is 1. The van der Waals surface area contributed by atoms with Crippen LogP contribution >= 0.6 is 8.25 Å². The first-order chi connectivity index (χ1) is 7.56. The Kier molecular flexibility index (Phi) is 5.79.